The Balaban J connectivity index is 3.96. The molecular weight excluding hydrogens is 370 g/mol. The highest BCUT2D eigenvalue weighted by molar-refractivity contribution is 6.07. The molecular formula is C22H46N3O4+. The summed E-state index contributed by atoms with van der Waals surface area (Å²) in [4.78, 5) is 23.9. The lowest BCUT2D eigenvalue weighted by molar-refractivity contribution is -0.873. The zero-order valence-corrected chi connectivity index (χ0v) is 19.2. The van der Waals surface area contributed by atoms with Crippen molar-refractivity contribution in [2.45, 2.75) is 95.6 Å². The summed E-state index contributed by atoms with van der Waals surface area (Å²) in [5.74, 6) is -2.33. The van der Waals surface area contributed by atoms with Gasteiger partial charge < -0.3 is 25.7 Å². The maximum atomic E-state index is 12.4. The Morgan fingerprint density at radius 2 is 1.31 bits per heavy atom. The van der Waals surface area contributed by atoms with E-state index in [9.17, 15) is 19.8 Å². The number of carboxylic acid groups (broad SMARTS) is 1. The van der Waals surface area contributed by atoms with Crippen molar-refractivity contribution in [1.29, 1.82) is 0 Å². The topological polar surface area (TPSA) is 113 Å². The van der Waals surface area contributed by atoms with Gasteiger partial charge in [-0.2, -0.15) is 0 Å². The number of hydrogen-bond acceptors (Lipinski definition) is 4. The maximum absolute atomic E-state index is 12.4. The summed E-state index contributed by atoms with van der Waals surface area (Å²) in [6.07, 6.45) is 13.2. The summed E-state index contributed by atoms with van der Waals surface area (Å²) in [6.45, 7) is 2.67. The summed E-state index contributed by atoms with van der Waals surface area (Å²) in [7, 11) is 5.40. The fraction of sp³-hybridized carbons (Fsp3) is 0.909. The molecule has 7 heteroatoms. The van der Waals surface area contributed by atoms with E-state index in [1.54, 1.807) is 21.1 Å². The number of aliphatic hydroxyl groups excluding tert-OH is 1. The van der Waals surface area contributed by atoms with E-state index in [0.29, 0.717) is 11.0 Å². The Bertz CT molecular complexity index is 465. The molecule has 0 saturated heterocycles. The van der Waals surface area contributed by atoms with Gasteiger partial charge in [0.1, 0.15) is 12.6 Å². The van der Waals surface area contributed by atoms with Gasteiger partial charge in [-0.1, -0.05) is 77.6 Å². The van der Waals surface area contributed by atoms with Crippen LogP contribution in [0.4, 0.5) is 0 Å². The number of nitrogens with zero attached hydrogens (tertiary/aromatic N) is 1. The summed E-state index contributed by atoms with van der Waals surface area (Å²) in [5, 5.41) is 22.3. The van der Waals surface area contributed by atoms with Crippen LogP contribution in [0.1, 0.15) is 84.0 Å². The first-order valence-electron chi connectivity index (χ1n) is 11.3. The van der Waals surface area contributed by atoms with Crippen molar-refractivity contribution in [2.75, 3.05) is 34.2 Å². The first-order chi connectivity index (χ1) is 13.6. The highest BCUT2D eigenvalue weighted by Gasteiger charge is 2.50. The summed E-state index contributed by atoms with van der Waals surface area (Å²) >= 11 is 0. The number of rotatable bonds is 18. The number of unbranched alkanes of at least 4 members (excludes halogenated alkanes) is 11. The number of likely N-dealkylation sites (N-methyl/N-ethyl adjacent to an activating group) is 1. The highest BCUT2D eigenvalue weighted by Crippen LogP contribution is 2.13. The molecule has 1 amide bonds. The van der Waals surface area contributed by atoms with Gasteiger partial charge in [0.15, 0.2) is 0 Å². The van der Waals surface area contributed by atoms with Crippen LogP contribution in [0.5, 0.6) is 0 Å². The lowest BCUT2D eigenvalue weighted by Crippen LogP contribution is -2.69. The van der Waals surface area contributed by atoms with Crippen molar-refractivity contribution in [2.24, 2.45) is 5.73 Å². The molecule has 7 nitrogen and oxygen atoms in total. The van der Waals surface area contributed by atoms with Crippen LogP contribution in [-0.2, 0) is 9.59 Å². The predicted octanol–water partition coefficient (Wildman–Crippen LogP) is 2.65. The number of carbonyl (C=O) groups is 2. The van der Waals surface area contributed by atoms with Gasteiger partial charge in [0, 0.05) is 6.54 Å². The molecule has 0 unspecified atom stereocenters. The Morgan fingerprint density at radius 3 is 1.69 bits per heavy atom. The third-order valence-electron chi connectivity index (χ3n) is 5.29. The van der Waals surface area contributed by atoms with Crippen LogP contribution in [0.3, 0.4) is 0 Å². The van der Waals surface area contributed by atoms with Gasteiger partial charge in [0.25, 0.3) is 5.91 Å². The number of nitrogens with one attached hydrogen (secondary N) is 1. The van der Waals surface area contributed by atoms with E-state index in [2.05, 4.69) is 12.2 Å². The second-order valence-electron chi connectivity index (χ2n) is 9.31. The van der Waals surface area contributed by atoms with Gasteiger partial charge in [-0.25, -0.2) is 4.79 Å². The molecule has 5 N–H and O–H groups in total. The normalized spacial score (nSPS) is 15.0. The van der Waals surface area contributed by atoms with E-state index in [1.807, 2.05) is 0 Å². The minimum absolute atomic E-state index is 0.0643. The molecule has 29 heavy (non-hydrogen) atoms. The van der Waals surface area contributed by atoms with Gasteiger partial charge in [0.05, 0.1) is 21.1 Å². The van der Waals surface area contributed by atoms with Gasteiger partial charge in [-0.05, 0) is 6.42 Å². The third kappa shape index (κ3) is 12.2. The number of aliphatic carboxylic acids is 1. The Hall–Kier alpha value is -1.18. The van der Waals surface area contributed by atoms with E-state index in [-0.39, 0.29) is 6.54 Å². The molecule has 0 aliphatic heterocycles. The van der Waals surface area contributed by atoms with Gasteiger partial charge in [-0.15, -0.1) is 0 Å². The van der Waals surface area contributed by atoms with Gasteiger partial charge in [-0.3, -0.25) is 4.79 Å². The van der Waals surface area contributed by atoms with Crippen LogP contribution >= 0.6 is 0 Å². The standard InChI is InChI=1S/C22H45N3O4/c1-5-6-7-8-9-10-11-12-13-14-15-16-17-24-20(27)22(23,21(28)29)19(26)18-25(2,3)4/h19,26H,5-18,23H2,1-4H3,(H-,24,27,28,29)/p+1/t19-,22-/m0/s1. The van der Waals surface area contributed by atoms with E-state index in [1.165, 1.54) is 57.8 Å². The number of hydrogen-bond donors (Lipinski definition) is 4. The monoisotopic (exact) mass is 416 g/mol. The van der Waals surface area contributed by atoms with Gasteiger partial charge in [0.2, 0.25) is 5.54 Å². The van der Waals surface area contributed by atoms with E-state index >= 15 is 0 Å². The Labute approximate surface area is 177 Å². The molecule has 0 heterocycles. The van der Waals surface area contributed by atoms with E-state index in [4.69, 9.17) is 5.73 Å². The molecule has 0 bridgehead atoms. The molecule has 0 fully saturated rings. The number of carbonyl (C=O) groups excluding carboxylic acids is 1. The zero-order valence-electron chi connectivity index (χ0n) is 19.2. The van der Waals surface area contributed by atoms with Crippen molar-refractivity contribution < 1.29 is 24.3 Å². The van der Waals surface area contributed by atoms with E-state index in [0.717, 1.165) is 19.3 Å². The van der Waals surface area contributed by atoms with Crippen molar-refractivity contribution in [3.05, 3.63) is 0 Å². The molecule has 0 radical (unpaired) electrons. The average molecular weight is 417 g/mol. The van der Waals surface area contributed by atoms with Crippen LogP contribution < -0.4 is 11.1 Å². The van der Waals surface area contributed by atoms with Crippen molar-refractivity contribution in [3.8, 4) is 0 Å². The summed E-state index contributed by atoms with van der Waals surface area (Å²) in [6, 6.07) is 0. The third-order valence-corrected chi connectivity index (χ3v) is 5.29. The number of amides is 1. The van der Waals surface area contributed by atoms with Crippen LogP contribution in [-0.4, -0.2) is 72.4 Å². The number of aliphatic hydroxyl groups is 1. The fourth-order valence-electron chi connectivity index (χ4n) is 3.37. The molecule has 0 saturated carbocycles. The minimum Gasteiger partial charge on any atom is -0.479 e. The summed E-state index contributed by atoms with van der Waals surface area (Å²) in [5.41, 5.74) is 3.48. The van der Waals surface area contributed by atoms with Crippen LogP contribution in [0.25, 0.3) is 0 Å². The first-order valence-corrected chi connectivity index (χ1v) is 11.3. The molecule has 0 aromatic heterocycles. The molecule has 0 aliphatic carbocycles. The van der Waals surface area contributed by atoms with Gasteiger partial charge >= 0.3 is 5.97 Å². The lowest BCUT2D eigenvalue weighted by Gasteiger charge is -2.33. The predicted molar refractivity (Wildman–Crippen MR) is 118 cm³/mol. The second kappa shape index (κ2) is 14.7. The smallest absolute Gasteiger partial charge is 0.336 e. The quantitative estimate of drug-likeness (QED) is 0.156. The van der Waals surface area contributed by atoms with Crippen LogP contribution in [0.15, 0.2) is 0 Å². The molecule has 0 aromatic carbocycles. The molecule has 2 atom stereocenters. The first kappa shape index (κ1) is 27.8. The molecule has 172 valence electrons. The average Bonchev–Trinajstić information content (AvgIpc) is 2.62. The molecule has 0 spiro atoms. The van der Waals surface area contributed by atoms with Crippen LogP contribution in [0.2, 0.25) is 0 Å². The second-order valence-corrected chi connectivity index (χ2v) is 9.31. The molecule has 0 aromatic rings. The minimum atomic E-state index is -2.33. The number of carboxylic acids is 1. The SMILES string of the molecule is CCCCCCCCCCCCCCNC(=O)[C@](N)(C(=O)O)[C@@H](O)C[N+](C)(C)C. The van der Waals surface area contributed by atoms with E-state index < -0.39 is 23.5 Å². The van der Waals surface area contributed by atoms with Crippen LogP contribution in [0, 0.1) is 0 Å². The fourth-order valence-corrected chi connectivity index (χ4v) is 3.37. The largest absolute Gasteiger partial charge is 0.479 e. The summed E-state index contributed by atoms with van der Waals surface area (Å²) < 4.78 is 0.305. The van der Waals surface area contributed by atoms with Crippen molar-refractivity contribution in [3.63, 3.8) is 0 Å². The lowest BCUT2D eigenvalue weighted by atomic mass is 9.91. The number of nitrogens with two attached hydrogens (primary N) is 1. The van der Waals surface area contributed by atoms with Crippen molar-refractivity contribution in [1.82, 2.24) is 5.32 Å². The molecule has 0 aliphatic rings. The zero-order chi connectivity index (χ0) is 22.3. The maximum Gasteiger partial charge on any atom is 0.336 e. The van der Waals surface area contributed by atoms with Crippen molar-refractivity contribution >= 4 is 11.9 Å². The highest BCUT2D eigenvalue weighted by atomic mass is 16.4. The Morgan fingerprint density at radius 1 is 0.897 bits per heavy atom. The number of quaternary nitrogens is 1. The molecule has 0 rings (SSSR count). The Kier molecular flexibility index (Phi) is 14.1.